The lowest BCUT2D eigenvalue weighted by molar-refractivity contribution is -0.156. The number of hydrazone groups is 1. The van der Waals surface area contributed by atoms with Crippen LogP contribution in [0.4, 0.5) is 0 Å². The minimum atomic E-state index is -4.02. The number of sulfone groups is 1. The lowest BCUT2D eigenvalue weighted by atomic mass is 9.97. The summed E-state index contributed by atoms with van der Waals surface area (Å²) in [5.74, 6) is -2.06. The minimum absolute atomic E-state index is 0.251. The van der Waals surface area contributed by atoms with E-state index in [9.17, 15) is 27.9 Å². The molecule has 0 aromatic heterocycles. The van der Waals surface area contributed by atoms with Crippen LogP contribution >= 0.6 is 0 Å². The molecule has 2 N–H and O–H groups in total. The number of rotatable bonds is 5. The van der Waals surface area contributed by atoms with Crippen molar-refractivity contribution in [2.24, 2.45) is 5.10 Å². The van der Waals surface area contributed by atoms with Crippen LogP contribution in [0.3, 0.4) is 0 Å². The van der Waals surface area contributed by atoms with Gasteiger partial charge in [-0.3, -0.25) is 9.59 Å². The zero-order valence-electron chi connectivity index (χ0n) is 14.4. The van der Waals surface area contributed by atoms with E-state index in [1.807, 2.05) is 0 Å². The number of fused-ring (bicyclic) bond motifs is 1. The van der Waals surface area contributed by atoms with Gasteiger partial charge in [0.1, 0.15) is 15.9 Å². The van der Waals surface area contributed by atoms with E-state index >= 15 is 0 Å². The second kappa shape index (κ2) is 6.34. The topological polar surface area (TPSA) is 142 Å². The van der Waals surface area contributed by atoms with Crippen LogP contribution in [0, 0.1) is 0 Å². The number of benzene rings is 1. The molecule has 2 amide bonds. The molecule has 1 aromatic rings. The number of nitrogens with one attached hydrogen (secondary N) is 1. The zero-order chi connectivity index (χ0) is 20.0. The molecule has 1 aromatic carbocycles. The third-order valence-electron chi connectivity index (χ3n) is 4.81. The molecule has 10 nitrogen and oxygen atoms in total. The number of ether oxygens (including phenoxy) is 1. The second-order valence-corrected chi connectivity index (χ2v) is 8.87. The molecule has 2 aliphatic heterocycles. The fourth-order valence-corrected chi connectivity index (χ4v) is 5.44. The van der Waals surface area contributed by atoms with Crippen LogP contribution in [-0.4, -0.2) is 65.7 Å². The molecule has 0 aliphatic carbocycles. The largest absolute Gasteiger partial charge is 0.497 e. The Morgan fingerprint density at radius 3 is 2.52 bits per heavy atom. The Bertz CT molecular complexity index is 941. The van der Waals surface area contributed by atoms with E-state index in [4.69, 9.17) is 4.74 Å². The quantitative estimate of drug-likeness (QED) is 0.393. The summed E-state index contributed by atoms with van der Waals surface area (Å²) in [6, 6.07) is 4.51. The molecule has 11 heteroatoms. The molecule has 27 heavy (non-hydrogen) atoms. The number of methoxy groups -OCH3 is 1. The SMILES string of the molecule is COc1ccc(C(=O)N/N=C/[C@@]2(C)[C@H](C(=O)O)N3C(=O)C[C@H]3S2(=O)=O)cc1. The summed E-state index contributed by atoms with van der Waals surface area (Å²) in [6.07, 6.45) is 0.613. The molecule has 3 rings (SSSR count). The van der Waals surface area contributed by atoms with Crippen LogP contribution < -0.4 is 10.2 Å². The molecule has 2 aliphatic rings. The van der Waals surface area contributed by atoms with Gasteiger partial charge in [0.15, 0.2) is 15.9 Å². The van der Waals surface area contributed by atoms with Gasteiger partial charge in [-0.1, -0.05) is 0 Å². The maximum Gasteiger partial charge on any atom is 0.328 e. The molecule has 2 fully saturated rings. The van der Waals surface area contributed by atoms with E-state index in [2.05, 4.69) is 10.5 Å². The Morgan fingerprint density at radius 2 is 2.00 bits per heavy atom. The number of carboxylic acid groups (broad SMARTS) is 1. The van der Waals surface area contributed by atoms with Crippen LogP contribution in [0.25, 0.3) is 0 Å². The standard InChI is InChI=1S/C16H17N3O7S/c1-16(8-17-18-14(21)9-3-5-10(26-2)6-4-9)13(15(22)23)19-11(20)7-12(19)27(16,24)25/h3-6,8,12-13H,7H2,1-2H3,(H,18,21)(H,22,23)/b17-8+/t12-,13+,16+/m1/s1. The highest BCUT2D eigenvalue weighted by Crippen LogP contribution is 2.45. The van der Waals surface area contributed by atoms with Crippen molar-refractivity contribution in [3.05, 3.63) is 29.8 Å². The highest BCUT2D eigenvalue weighted by molar-refractivity contribution is 7.94. The average Bonchev–Trinajstić information content (AvgIpc) is 2.76. The zero-order valence-corrected chi connectivity index (χ0v) is 15.3. The van der Waals surface area contributed by atoms with Crippen molar-refractivity contribution in [1.82, 2.24) is 10.3 Å². The molecule has 144 valence electrons. The molecule has 0 spiro atoms. The summed E-state index contributed by atoms with van der Waals surface area (Å²) < 4.78 is 28.4. The molecule has 2 heterocycles. The first-order valence-electron chi connectivity index (χ1n) is 7.89. The van der Waals surface area contributed by atoms with Crippen LogP contribution in [0.15, 0.2) is 29.4 Å². The van der Waals surface area contributed by atoms with Gasteiger partial charge in [-0.25, -0.2) is 18.6 Å². The third-order valence-corrected chi connectivity index (χ3v) is 7.48. The maximum atomic E-state index is 12.7. The van der Waals surface area contributed by atoms with Gasteiger partial charge >= 0.3 is 5.97 Å². The van der Waals surface area contributed by atoms with Crippen LogP contribution in [0.1, 0.15) is 23.7 Å². The lowest BCUT2D eigenvalue weighted by Gasteiger charge is -2.35. The van der Waals surface area contributed by atoms with Crippen molar-refractivity contribution in [2.75, 3.05) is 7.11 Å². The number of carbonyl (C=O) groups is 3. The number of aliphatic carboxylic acids is 1. The van der Waals surface area contributed by atoms with E-state index in [1.54, 1.807) is 12.1 Å². The first-order chi connectivity index (χ1) is 12.6. The first-order valence-corrected chi connectivity index (χ1v) is 9.44. The molecule has 0 saturated carbocycles. The molecule has 2 saturated heterocycles. The van der Waals surface area contributed by atoms with Gasteiger partial charge in [0.25, 0.3) is 5.91 Å². The highest BCUT2D eigenvalue weighted by Gasteiger charge is 2.69. The molecule has 3 atom stereocenters. The van der Waals surface area contributed by atoms with Gasteiger partial charge in [0, 0.05) is 11.8 Å². The summed E-state index contributed by atoms with van der Waals surface area (Å²) in [6.45, 7) is 1.18. The van der Waals surface area contributed by atoms with Crippen LogP contribution in [-0.2, 0) is 19.4 Å². The van der Waals surface area contributed by atoms with Gasteiger partial charge < -0.3 is 14.7 Å². The number of hydrogen-bond acceptors (Lipinski definition) is 7. The summed E-state index contributed by atoms with van der Waals surface area (Å²) in [4.78, 5) is 36.2. The summed E-state index contributed by atoms with van der Waals surface area (Å²) in [5, 5.41) is 11.9. The van der Waals surface area contributed by atoms with Gasteiger partial charge in [-0.15, -0.1) is 0 Å². The monoisotopic (exact) mass is 395 g/mol. The number of β-lactam (4-membered cyclic amide) rings is 1. The number of amides is 2. The summed E-state index contributed by atoms with van der Waals surface area (Å²) in [5.41, 5.74) is 2.43. The van der Waals surface area contributed by atoms with E-state index in [0.717, 1.165) is 11.1 Å². The minimum Gasteiger partial charge on any atom is -0.497 e. The fraction of sp³-hybridized carbons (Fsp3) is 0.375. The number of carboxylic acids is 1. The van der Waals surface area contributed by atoms with E-state index < -0.39 is 43.8 Å². The second-order valence-electron chi connectivity index (χ2n) is 6.36. The van der Waals surface area contributed by atoms with Gasteiger partial charge in [0.05, 0.1) is 13.5 Å². The van der Waals surface area contributed by atoms with Crippen molar-refractivity contribution in [3.63, 3.8) is 0 Å². The summed E-state index contributed by atoms with van der Waals surface area (Å²) >= 11 is 0. The van der Waals surface area contributed by atoms with Gasteiger partial charge in [0.2, 0.25) is 5.91 Å². The fourth-order valence-electron chi connectivity index (χ4n) is 3.23. The van der Waals surface area contributed by atoms with E-state index in [-0.39, 0.29) is 12.0 Å². The Balaban J connectivity index is 1.82. The van der Waals surface area contributed by atoms with Crippen molar-refractivity contribution in [2.45, 2.75) is 29.5 Å². The number of hydrogen-bond donors (Lipinski definition) is 2. The Hall–Kier alpha value is -2.95. The van der Waals surface area contributed by atoms with Crippen molar-refractivity contribution in [1.29, 1.82) is 0 Å². The van der Waals surface area contributed by atoms with E-state index in [1.165, 1.54) is 26.2 Å². The predicted octanol–water partition coefficient (Wildman–Crippen LogP) is -0.390. The lowest BCUT2D eigenvalue weighted by Crippen LogP contribution is -2.57. The highest BCUT2D eigenvalue weighted by atomic mass is 32.2. The number of carbonyl (C=O) groups excluding carboxylic acids is 2. The smallest absolute Gasteiger partial charge is 0.328 e. The van der Waals surface area contributed by atoms with Crippen LogP contribution in [0.5, 0.6) is 5.75 Å². The number of nitrogens with zero attached hydrogens (tertiary/aromatic N) is 2. The molecular formula is C16H17N3O7S. The van der Waals surface area contributed by atoms with Crippen molar-refractivity contribution < 1.29 is 32.6 Å². The summed E-state index contributed by atoms with van der Waals surface area (Å²) in [7, 11) is -2.54. The molecule has 0 unspecified atom stereocenters. The normalized spacial score (nSPS) is 28.5. The Labute approximate surface area is 154 Å². The predicted molar refractivity (Wildman–Crippen MR) is 93.0 cm³/mol. The molecular weight excluding hydrogens is 378 g/mol. The Kier molecular flexibility index (Phi) is 4.42. The van der Waals surface area contributed by atoms with Crippen molar-refractivity contribution >= 4 is 33.8 Å². The molecule has 0 bridgehead atoms. The third kappa shape index (κ3) is 2.74. The maximum absolute atomic E-state index is 12.7. The van der Waals surface area contributed by atoms with Crippen molar-refractivity contribution in [3.8, 4) is 5.75 Å². The van der Waals surface area contributed by atoms with E-state index in [0.29, 0.717) is 5.75 Å². The molecule has 0 radical (unpaired) electrons. The average molecular weight is 395 g/mol. The first kappa shape index (κ1) is 18.8. The van der Waals surface area contributed by atoms with Gasteiger partial charge in [-0.05, 0) is 31.2 Å². The van der Waals surface area contributed by atoms with Crippen LogP contribution in [0.2, 0.25) is 0 Å². The Morgan fingerprint density at radius 1 is 1.37 bits per heavy atom. The van der Waals surface area contributed by atoms with Gasteiger partial charge in [-0.2, -0.15) is 5.10 Å².